The fraction of sp³-hybridized carbons (Fsp3) is 0.500. The molecule has 1 aromatic heterocycles. The molecule has 3 rings (SSSR count). The van der Waals surface area contributed by atoms with Gasteiger partial charge in [-0.3, -0.25) is 4.99 Å². The molecule has 2 aliphatic heterocycles. The van der Waals surface area contributed by atoms with Gasteiger partial charge in [-0.15, -0.1) is 11.8 Å². The zero-order valence-electron chi connectivity index (χ0n) is 9.08. The molecule has 0 spiro atoms. The first-order valence-electron chi connectivity index (χ1n) is 5.38. The molecule has 17 heavy (non-hydrogen) atoms. The van der Waals surface area contributed by atoms with Crippen LogP contribution in [0.1, 0.15) is 0 Å². The molecule has 0 saturated carbocycles. The third-order valence-corrected chi connectivity index (χ3v) is 3.96. The van der Waals surface area contributed by atoms with Gasteiger partial charge in [0.05, 0.1) is 18.9 Å². The molecule has 5 nitrogen and oxygen atoms in total. The molecule has 2 aliphatic rings. The maximum atomic E-state index is 12.7. The number of fused-ring (bicyclic) bond motifs is 1. The molecular weight excluding hydrogens is 241 g/mol. The van der Waals surface area contributed by atoms with Gasteiger partial charge in [-0.05, 0) is 0 Å². The van der Waals surface area contributed by atoms with E-state index in [1.807, 2.05) is 4.90 Å². The highest BCUT2D eigenvalue weighted by Crippen LogP contribution is 2.27. The van der Waals surface area contributed by atoms with E-state index in [1.165, 1.54) is 12.4 Å². The summed E-state index contributed by atoms with van der Waals surface area (Å²) in [5.41, 5.74) is 6.74. The van der Waals surface area contributed by atoms with E-state index in [9.17, 15) is 4.39 Å². The molecule has 7 heteroatoms. The molecule has 0 aliphatic carbocycles. The SMILES string of the molecule is NC1N=C2CN(c3ncc(F)cn3)C[C@H]2CS1. The highest BCUT2D eigenvalue weighted by atomic mass is 32.2. The van der Waals surface area contributed by atoms with E-state index in [2.05, 4.69) is 15.0 Å². The normalized spacial score (nSPS) is 27.9. The third kappa shape index (κ3) is 2.12. The summed E-state index contributed by atoms with van der Waals surface area (Å²) in [4.78, 5) is 14.4. The van der Waals surface area contributed by atoms with Gasteiger partial charge in [0.25, 0.3) is 0 Å². The van der Waals surface area contributed by atoms with Crippen molar-refractivity contribution in [2.45, 2.75) is 5.50 Å². The second kappa shape index (κ2) is 4.23. The molecule has 2 N–H and O–H groups in total. The first kappa shape index (κ1) is 10.9. The molecule has 0 amide bonds. The van der Waals surface area contributed by atoms with Gasteiger partial charge in [0.2, 0.25) is 5.95 Å². The summed E-state index contributed by atoms with van der Waals surface area (Å²) >= 11 is 1.66. The van der Waals surface area contributed by atoms with Gasteiger partial charge < -0.3 is 10.6 Å². The molecule has 1 aromatic rings. The standard InChI is InChI=1S/C10H12FN5S/c11-7-1-13-10(14-2-7)16-3-6-5-17-9(12)15-8(6)4-16/h1-2,6,9H,3-5,12H2/t6-,9?/m0/s1. The maximum absolute atomic E-state index is 12.7. The van der Waals surface area contributed by atoms with Gasteiger partial charge in [0, 0.05) is 23.9 Å². The van der Waals surface area contributed by atoms with E-state index in [0.29, 0.717) is 18.4 Å². The Morgan fingerprint density at radius 3 is 2.94 bits per heavy atom. The van der Waals surface area contributed by atoms with Crippen molar-refractivity contribution in [3.63, 3.8) is 0 Å². The van der Waals surface area contributed by atoms with Crippen LogP contribution in [-0.2, 0) is 0 Å². The van der Waals surface area contributed by atoms with Crippen LogP contribution in [0.15, 0.2) is 17.4 Å². The van der Waals surface area contributed by atoms with E-state index >= 15 is 0 Å². The lowest BCUT2D eigenvalue weighted by Gasteiger charge is -2.18. The third-order valence-electron chi connectivity index (χ3n) is 2.92. The highest BCUT2D eigenvalue weighted by molar-refractivity contribution is 7.99. The largest absolute Gasteiger partial charge is 0.335 e. The molecule has 0 aromatic carbocycles. The van der Waals surface area contributed by atoms with Gasteiger partial charge in [-0.2, -0.15) is 0 Å². The van der Waals surface area contributed by atoms with Gasteiger partial charge in [-0.1, -0.05) is 0 Å². The van der Waals surface area contributed by atoms with Crippen LogP contribution in [0.4, 0.5) is 10.3 Å². The lowest BCUT2D eigenvalue weighted by atomic mass is 10.1. The minimum absolute atomic E-state index is 0.143. The average molecular weight is 253 g/mol. The Balaban J connectivity index is 1.80. The number of thioether (sulfide) groups is 1. The van der Waals surface area contributed by atoms with Crippen LogP contribution in [0.25, 0.3) is 0 Å². The fourth-order valence-electron chi connectivity index (χ4n) is 2.09. The first-order valence-corrected chi connectivity index (χ1v) is 6.43. The number of nitrogens with zero attached hydrogens (tertiary/aromatic N) is 4. The van der Waals surface area contributed by atoms with Crippen molar-refractivity contribution in [1.82, 2.24) is 9.97 Å². The monoisotopic (exact) mass is 253 g/mol. The molecule has 1 saturated heterocycles. The van der Waals surface area contributed by atoms with E-state index in [0.717, 1.165) is 18.0 Å². The number of hydrogen-bond acceptors (Lipinski definition) is 6. The maximum Gasteiger partial charge on any atom is 0.225 e. The molecule has 0 radical (unpaired) electrons. The molecule has 90 valence electrons. The Morgan fingerprint density at radius 2 is 2.18 bits per heavy atom. The smallest absolute Gasteiger partial charge is 0.225 e. The summed E-state index contributed by atoms with van der Waals surface area (Å²) in [6.45, 7) is 1.54. The molecule has 0 bridgehead atoms. The van der Waals surface area contributed by atoms with Crippen LogP contribution in [-0.4, -0.2) is 40.0 Å². The highest BCUT2D eigenvalue weighted by Gasteiger charge is 2.33. The summed E-state index contributed by atoms with van der Waals surface area (Å²) in [5.74, 6) is 1.55. The summed E-state index contributed by atoms with van der Waals surface area (Å²) in [6, 6.07) is 0. The quantitative estimate of drug-likeness (QED) is 0.788. The van der Waals surface area contributed by atoms with E-state index < -0.39 is 5.82 Å². The number of aromatic nitrogens is 2. The second-order valence-electron chi connectivity index (χ2n) is 4.12. The van der Waals surface area contributed by atoms with Crippen molar-refractivity contribution in [1.29, 1.82) is 0 Å². The lowest BCUT2D eigenvalue weighted by Crippen LogP contribution is -2.27. The number of halogens is 1. The Labute approximate surface area is 102 Å². The predicted octanol–water partition coefficient (Wildman–Crippen LogP) is 0.482. The van der Waals surface area contributed by atoms with Crippen LogP contribution >= 0.6 is 11.8 Å². The van der Waals surface area contributed by atoms with Gasteiger partial charge in [0.15, 0.2) is 5.82 Å². The fourth-order valence-corrected chi connectivity index (χ4v) is 3.03. The van der Waals surface area contributed by atoms with Crippen molar-refractivity contribution in [2.75, 3.05) is 23.7 Å². The van der Waals surface area contributed by atoms with Gasteiger partial charge >= 0.3 is 0 Å². The number of rotatable bonds is 1. The summed E-state index contributed by atoms with van der Waals surface area (Å²) < 4.78 is 12.7. The number of anilines is 1. The Kier molecular flexibility index (Phi) is 2.71. The van der Waals surface area contributed by atoms with E-state index in [-0.39, 0.29) is 5.50 Å². The zero-order valence-corrected chi connectivity index (χ0v) is 9.90. The van der Waals surface area contributed by atoms with Crippen LogP contribution in [0.5, 0.6) is 0 Å². The minimum atomic E-state index is -0.416. The van der Waals surface area contributed by atoms with Crippen LogP contribution < -0.4 is 10.6 Å². The minimum Gasteiger partial charge on any atom is -0.335 e. The van der Waals surface area contributed by atoms with Crippen LogP contribution in [0.2, 0.25) is 0 Å². The van der Waals surface area contributed by atoms with Crippen LogP contribution in [0, 0.1) is 11.7 Å². The van der Waals surface area contributed by atoms with Gasteiger partial charge in [0.1, 0.15) is 5.50 Å². The molecule has 1 unspecified atom stereocenters. The summed E-state index contributed by atoms with van der Waals surface area (Å²) in [7, 11) is 0. The molecule has 3 heterocycles. The molecule has 1 fully saturated rings. The topological polar surface area (TPSA) is 67.4 Å². The Hall–Kier alpha value is -1.21. The summed E-state index contributed by atoms with van der Waals surface area (Å²) in [5, 5.41) is 0. The summed E-state index contributed by atoms with van der Waals surface area (Å²) in [6.07, 6.45) is 2.37. The predicted molar refractivity (Wildman–Crippen MR) is 65.6 cm³/mol. The molecule has 2 atom stereocenters. The Bertz CT molecular complexity index is 449. The number of aliphatic imine (C=N–C) groups is 1. The van der Waals surface area contributed by atoms with E-state index in [1.54, 1.807) is 11.8 Å². The molecular formula is C10H12FN5S. The van der Waals surface area contributed by atoms with Crippen molar-refractivity contribution in [3.05, 3.63) is 18.2 Å². The van der Waals surface area contributed by atoms with Crippen molar-refractivity contribution in [2.24, 2.45) is 16.6 Å². The average Bonchev–Trinajstić information content (AvgIpc) is 2.72. The lowest BCUT2D eigenvalue weighted by molar-refractivity contribution is 0.612. The first-order chi connectivity index (χ1) is 8.22. The second-order valence-corrected chi connectivity index (χ2v) is 5.27. The van der Waals surface area contributed by atoms with Crippen molar-refractivity contribution < 1.29 is 4.39 Å². The number of nitrogens with two attached hydrogens (primary N) is 1. The van der Waals surface area contributed by atoms with Crippen molar-refractivity contribution >= 4 is 23.4 Å². The van der Waals surface area contributed by atoms with Crippen LogP contribution in [0.3, 0.4) is 0 Å². The van der Waals surface area contributed by atoms with Crippen molar-refractivity contribution in [3.8, 4) is 0 Å². The Morgan fingerprint density at radius 1 is 1.41 bits per heavy atom. The van der Waals surface area contributed by atoms with E-state index in [4.69, 9.17) is 5.73 Å². The number of hydrogen-bond donors (Lipinski definition) is 1. The zero-order chi connectivity index (χ0) is 11.8. The van der Waals surface area contributed by atoms with Gasteiger partial charge in [-0.25, -0.2) is 14.4 Å².